The second kappa shape index (κ2) is 10.4. The van der Waals surface area contributed by atoms with Gasteiger partial charge in [-0.15, -0.1) is 22.7 Å². The third kappa shape index (κ3) is 5.08. The van der Waals surface area contributed by atoms with E-state index < -0.39 is 15.6 Å². The van der Waals surface area contributed by atoms with Crippen molar-refractivity contribution in [3.63, 3.8) is 0 Å². The van der Waals surface area contributed by atoms with Crippen LogP contribution in [0.4, 0.5) is 13.2 Å². The number of fused-ring (bicyclic) bond motifs is 6. The summed E-state index contributed by atoms with van der Waals surface area (Å²) < 4.78 is 77.1. The molecule has 0 saturated heterocycles. The second-order valence-corrected chi connectivity index (χ2v) is 12.2. The molecule has 6 rings (SSSR count). The number of aromatic nitrogens is 2. The van der Waals surface area contributed by atoms with Gasteiger partial charge < -0.3 is 14.0 Å². The minimum atomic E-state index is -6.09. The predicted molar refractivity (Wildman–Crippen MR) is 147 cm³/mol. The third-order valence-electron chi connectivity index (χ3n) is 5.79. The zero-order valence-corrected chi connectivity index (χ0v) is 23.5. The summed E-state index contributed by atoms with van der Waals surface area (Å²) in [5, 5.41) is 7.00. The second-order valence-electron chi connectivity index (χ2n) is 8.03. The van der Waals surface area contributed by atoms with Crippen LogP contribution in [0.3, 0.4) is 0 Å². The van der Waals surface area contributed by atoms with Gasteiger partial charge in [0, 0.05) is 10.8 Å². The van der Waals surface area contributed by atoms with Crippen molar-refractivity contribution in [2.45, 2.75) is 5.51 Å². The van der Waals surface area contributed by atoms with Crippen LogP contribution in [-0.4, -0.2) is 37.0 Å². The highest BCUT2D eigenvalue weighted by molar-refractivity contribution is 7.86. The highest BCUT2D eigenvalue weighted by Gasteiger charge is 2.37. The van der Waals surface area contributed by atoms with Gasteiger partial charge in [-0.1, -0.05) is 0 Å². The summed E-state index contributed by atoms with van der Waals surface area (Å²) in [5.41, 5.74) is -0.856. The molecule has 202 valence electrons. The van der Waals surface area contributed by atoms with E-state index in [-0.39, 0.29) is 0 Å². The molecule has 0 atom stereocenters. The van der Waals surface area contributed by atoms with Crippen molar-refractivity contribution < 1.29 is 39.9 Å². The van der Waals surface area contributed by atoms with Crippen molar-refractivity contribution in [3.05, 3.63) is 71.4 Å². The van der Waals surface area contributed by atoms with Gasteiger partial charge in [0.1, 0.15) is 22.9 Å². The minimum absolute atomic E-state index is 0.862. The maximum atomic E-state index is 10.7. The third-order valence-corrected chi connectivity index (χ3v) is 9.57. The zero-order valence-electron chi connectivity index (χ0n) is 20.2. The van der Waals surface area contributed by atoms with Crippen molar-refractivity contribution in [2.24, 2.45) is 0 Å². The Morgan fingerprint density at radius 3 is 1.85 bits per heavy atom. The first kappa shape index (κ1) is 27.4. The molecule has 3 heterocycles. The lowest BCUT2D eigenvalue weighted by Crippen LogP contribution is -2.24. The Bertz CT molecular complexity index is 1780. The number of rotatable bonds is 4. The van der Waals surface area contributed by atoms with E-state index >= 15 is 0 Å². The molecule has 0 saturated carbocycles. The number of alkyl halides is 3. The molecule has 6 aromatic rings. The Balaban J connectivity index is 0.000000339. The van der Waals surface area contributed by atoms with E-state index in [2.05, 4.69) is 55.8 Å². The smallest absolute Gasteiger partial charge is 0.485 e. The highest BCUT2D eigenvalue weighted by atomic mass is 32.2. The topological polar surface area (TPSA) is 84.5 Å². The molecule has 39 heavy (non-hydrogen) atoms. The first-order chi connectivity index (χ1) is 18.5. The number of hydrogen-bond donors (Lipinski definition) is 0. The molecule has 14 heteroatoms. The van der Waals surface area contributed by atoms with Crippen molar-refractivity contribution >= 4 is 72.5 Å². The summed E-state index contributed by atoms with van der Waals surface area (Å²) in [6.45, 7) is 0. The van der Waals surface area contributed by atoms with Crippen LogP contribution in [0, 0.1) is 0 Å². The average molecular weight is 611 g/mol. The predicted octanol–water partition coefficient (Wildman–Crippen LogP) is 6.99. The van der Waals surface area contributed by atoms with Gasteiger partial charge >= 0.3 is 14.0 Å². The van der Waals surface area contributed by atoms with Crippen LogP contribution in [-0.2, 0) is 10.1 Å². The van der Waals surface area contributed by atoms with E-state index in [0.29, 0.717) is 0 Å². The van der Waals surface area contributed by atoms with Gasteiger partial charge in [0.15, 0.2) is 21.2 Å². The fourth-order valence-corrected chi connectivity index (χ4v) is 7.24. The van der Waals surface area contributed by atoms with Gasteiger partial charge in [0.2, 0.25) is 0 Å². The first-order valence-corrected chi connectivity index (χ1v) is 15.0. The highest BCUT2D eigenvalue weighted by Crippen LogP contribution is 2.42. The number of nitrogens with zero attached hydrogens (tertiary/aromatic N) is 2. The lowest BCUT2D eigenvalue weighted by Gasteiger charge is -2.08. The molecule has 0 unspecified atom stereocenters. The standard InChI is InChI=1S/C24H18N2O2PS2.CHF3O3S/c1-27-17-7-3-15(4-8-17)25-21-19-11-13-30-23(19)24-20(12-14-31-24)22(21)26(29-25)16-5-9-18(28-2)10-6-16;2-1(3,4)8(5,6)7/h3-14H,1-2H3;(H,5,6,7)/q+1;/p-1. The van der Waals surface area contributed by atoms with Gasteiger partial charge in [-0.2, -0.15) is 21.8 Å². The van der Waals surface area contributed by atoms with E-state index in [1.54, 1.807) is 14.2 Å². The summed E-state index contributed by atoms with van der Waals surface area (Å²) in [4.78, 5) is 0. The quantitative estimate of drug-likeness (QED) is 0.159. The summed E-state index contributed by atoms with van der Waals surface area (Å²) in [7, 11) is -1.63. The number of thiophene rings is 2. The van der Waals surface area contributed by atoms with E-state index in [4.69, 9.17) is 22.4 Å². The van der Waals surface area contributed by atoms with Gasteiger partial charge in [-0.25, -0.2) is 8.42 Å². The molecule has 7 nitrogen and oxygen atoms in total. The van der Waals surface area contributed by atoms with Crippen LogP contribution in [0.5, 0.6) is 11.5 Å². The van der Waals surface area contributed by atoms with Crippen LogP contribution in [0.1, 0.15) is 0 Å². The molecule has 3 aromatic heterocycles. The van der Waals surface area contributed by atoms with Gasteiger partial charge in [-0.3, -0.25) is 0 Å². The Labute approximate surface area is 230 Å². The molecule has 3 aromatic carbocycles. The molecule has 0 bridgehead atoms. The fourth-order valence-electron chi connectivity index (χ4n) is 4.01. The average Bonchev–Trinajstić information content (AvgIpc) is 3.65. The number of benzene rings is 3. The van der Waals surface area contributed by atoms with E-state index in [1.165, 1.54) is 31.2 Å². The van der Waals surface area contributed by atoms with Crippen LogP contribution in [0.15, 0.2) is 71.4 Å². The van der Waals surface area contributed by atoms with Gasteiger partial charge in [0.05, 0.1) is 23.6 Å². The number of ether oxygens (including phenoxy) is 2. The number of hydrogen-bond acceptors (Lipinski definition) is 7. The summed E-state index contributed by atoms with van der Waals surface area (Å²) in [5.74, 6) is 1.72. The monoisotopic (exact) mass is 610 g/mol. The van der Waals surface area contributed by atoms with E-state index in [9.17, 15) is 13.2 Å². The van der Waals surface area contributed by atoms with Crippen molar-refractivity contribution in [1.29, 1.82) is 0 Å². The summed E-state index contributed by atoms with van der Waals surface area (Å²) in [6.07, 6.45) is 0. The molecule has 0 aliphatic rings. The van der Waals surface area contributed by atoms with Gasteiger partial charge in [-0.05, 0) is 71.4 Å². The molecular weight excluding hydrogens is 592 g/mol. The molecule has 0 aliphatic carbocycles. The first-order valence-electron chi connectivity index (χ1n) is 11.1. The Morgan fingerprint density at radius 1 is 0.846 bits per heavy atom. The lowest BCUT2D eigenvalue weighted by molar-refractivity contribution is -0.487. The van der Waals surface area contributed by atoms with Crippen molar-refractivity contribution in [2.75, 3.05) is 14.2 Å². The Morgan fingerprint density at radius 2 is 1.33 bits per heavy atom. The fraction of sp³-hybridized carbons (Fsp3) is 0.120. The normalized spacial score (nSPS) is 12.3. The van der Waals surface area contributed by atoms with Crippen LogP contribution in [0.25, 0.3) is 42.6 Å². The molecule has 0 N–H and O–H groups in total. The minimum Gasteiger partial charge on any atom is -0.741 e. The molecule has 0 fully saturated rings. The van der Waals surface area contributed by atoms with E-state index in [1.807, 2.05) is 46.9 Å². The van der Waals surface area contributed by atoms with Crippen molar-refractivity contribution in [3.8, 4) is 22.9 Å². The van der Waals surface area contributed by atoms with Crippen LogP contribution in [0.2, 0.25) is 0 Å². The zero-order chi connectivity index (χ0) is 27.9. The van der Waals surface area contributed by atoms with Crippen molar-refractivity contribution in [1.82, 2.24) is 4.33 Å². The lowest BCUT2D eigenvalue weighted by atomic mass is 10.1. The molecule has 0 aliphatic heterocycles. The molecule has 0 spiro atoms. The van der Waals surface area contributed by atoms with Crippen LogP contribution >= 0.6 is 31.2 Å². The SMILES string of the molecule is COc1ccc(-n2p[n+](-c3ccc(OC)cc3)c3c4ccsc4c4sccc4c32)cc1.O=S(=O)([O-])C(F)(F)F. The molecule has 0 radical (unpaired) electrons. The Kier molecular flexibility index (Phi) is 7.29. The van der Waals surface area contributed by atoms with E-state index in [0.717, 1.165) is 31.4 Å². The van der Waals surface area contributed by atoms with Gasteiger partial charge in [0.25, 0.3) is 0 Å². The molecular formula is C25H18F3N2O5PS3. The largest absolute Gasteiger partial charge is 0.741 e. The van der Waals surface area contributed by atoms with Crippen LogP contribution < -0.4 is 13.8 Å². The Hall–Kier alpha value is -3.22. The summed E-state index contributed by atoms with van der Waals surface area (Å²) >= 11 is 3.64. The number of halogens is 3. The molecule has 0 amide bonds. The number of methoxy groups -OCH3 is 2. The maximum absolute atomic E-state index is 10.7. The maximum Gasteiger partial charge on any atom is 0.485 e. The summed E-state index contributed by atoms with van der Waals surface area (Å²) in [6, 6.07) is 21.1.